The zero-order valence-corrected chi connectivity index (χ0v) is 16.2. The first-order valence-corrected chi connectivity index (χ1v) is 9.66. The van der Waals surface area contributed by atoms with Gasteiger partial charge in [-0.1, -0.05) is 18.2 Å². The van der Waals surface area contributed by atoms with E-state index >= 15 is 0 Å². The SMILES string of the molecule is Cc1ccn2c(=O)c(C(=O)N3CCCN(C(=O)c4ccccc4)CC3)cnc2c1. The van der Waals surface area contributed by atoms with E-state index in [1.54, 1.807) is 34.2 Å². The van der Waals surface area contributed by atoms with Crippen molar-refractivity contribution < 1.29 is 9.59 Å². The Morgan fingerprint density at radius 2 is 1.62 bits per heavy atom. The molecule has 3 heterocycles. The highest BCUT2D eigenvalue weighted by molar-refractivity contribution is 5.95. The highest BCUT2D eigenvalue weighted by Gasteiger charge is 2.25. The zero-order chi connectivity index (χ0) is 20.4. The summed E-state index contributed by atoms with van der Waals surface area (Å²) in [6.45, 7) is 3.80. The van der Waals surface area contributed by atoms with Crippen LogP contribution in [-0.2, 0) is 0 Å². The topological polar surface area (TPSA) is 75.0 Å². The number of carbonyl (C=O) groups is 2. The molecule has 0 N–H and O–H groups in total. The van der Waals surface area contributed by atoms with Crippen LogP contribution in [0.25, 0.3) is 5.65 Å². The van der Waals surface area contributed by atoms with Crippen LogP contribution in [-0.4, -0.2) is 57.2 Å². The highest BCUT2D eigenvalue weighted by Crippen LogP contribution is 2.11. The number of carbonyl (C=O) groups excluding carboxylic acids is 2. The maximum absolute atomic E-state index is 13.0. The number of pyridine rings is 1. The Labute approximate surface area is 168 Å². The van der Waals surface area contributed by atoms with Crippen molar-refractivity contribution in [3.8, 4) is 0 Å². The van der Waals surface area contributed by atoms with Gasteiger partial charge in [0.2, 0.25) is 0 Å². The molecule has 1 fully saturated rings. The van der Waals surface area contributed by atoms with Crippen molar-refractivity contribution in [1.82, 2.24) is 19.2 Å². The van der Waals surface area contributed by atoms with Crippen molar-refractivity contribution in [2.45, 2.75) is 13.3 Å². The molecule has 1 aliphatic heterocycles. The van der Waals surface area contributed by atoms with E-state index in [2.05, 4.69) is 4.98 Å². The summed E-state index contributed by atoms with van der Waals surface area (Å²) in [7, 11) is 0. The predicted molar refractivity (Wildman–Crippen MR) is 109 cm³/mol. The van der Waals surface area contributed by atoms with E-state index in [9.17, 15) is 14.4 Å². The van der Waals surface area contributed by atoms with Gasteiger partial charge in [0.15, 0.2) is 0 Å². The third kappa shape index (κ3) is 3.76. The van der Waals surface area contributed by atoms with E-state index in [0.717, 1.165) is 5.56 Å². The lowest BCUT2D eigenvalue weighted by Gasteiger charge is -2.22. The lowest BCUT2D eigenvalue weighted by atomic mass is 10.2. The van der Waals surface area contributed by atoms with Crippen LogP contribution in [0.3, 0.4) is 0 Å². The molecule has 1 aliphatic rings. The van der Waals surface area contributed by atoms with Gasteiger partial charge in [0.1, 0.15) is 11.2 Å². The van der Waals surface area contributed by atoms with Gasteiger partial charge in [0.25, 0.3) is 17.4 Å². The number of benzene rings is 1. The van der Waals surface area contributed by atoms with E-state index < -0.39 is 0 Å². The van der Waals surface area contributed by atoms with E-state index in [-0.39, 0.29) is 22.9 Å². The summed E-state index contributed by atoms with van der Waals surface area (Å²) in [4.78, 5) is 46.1. The first-order valence-electron chi connectivity index (χ1n) is 9.66. The lowest BCUT2D eigenvalue weighted by molar-refractivity contribution is 0.0717. The van der Waals surface area contributed by atoms with Crippen molar-refractivity contribution in [3.63, 3.8) is 0 Å². The largest absolute Gasteiger partial charge is 0.337 e. The molecule has 2 aromatic heterocycles. The summed E-state index contributed by atoms with van der Waals surface area (Å²) >= 11 is 0. The minimum atomic E-state index is -0.374. The molecule has 148 valence electrons. The van der Waals surface area contributed by atoms with E-state index in [1.807, 2.05) is 31.2 Å². The maximum atomic E-state index is 13.0. The molecule has 4 rings (SSSR count). The number of aromatic nitrogens is 2. The van der Waals surface area contributed by atoms with Crippen LogP contribution in [0.1, 0.15) is 32.7 Å². The minimum Gasteiger partial charge on any atom is -0.337 e. The first kappa shape index (κ1) is 18.9. The van der Waals surface area contributed by atoms with Gasteiger partial charge in [0, 0.05) is 44.1 Å². The van der Waals surface area contributed by atoms with Crippen molar-refractivity contribution in [2.24, 2.45) is 0 Å². The Kier molecular flexibility index (Phi) is 5.12. The predicted octanol–water partition coefficient (Wildman–Crippen LogP) is 1.99. The highest BCUT2D eigenvalue weighted by atomic mass is 16.2. The number of rotatable bonds is 2. The Hall–Kier alpha value is -3.48. The molecule has 7 heteroatoms. The van der Waals surface area contributed by atoms with Crippen molar-refractivity contribution in [3.05, 3.63) is 81.9 Å². The van der Waals surface area contributed by atoms with Crippen molar-refractivity contribution in [2.75, 3.05) is 26.2 Å². The molecule has 1 saturated heterocycles. The molecule has 0 radical (unpaired) electrons. The van der Waals surface area contributed by atoms with Crippen LogP contribution in [0.4, 0.5) is 0 Å². The molecular weight excluding hydrogens is 368 g/mol. The molecule has 0 bridgehead atoms. The number of amides is 2. The second-order valence-electron chi connectivity index (χ2n) is 7.21. The standard InChI is InChI=1S/C22H22N4O3/c1-16-8-11-26-19(14-16)23-15-18(22(26)29)21(28)25-10-5-9-24(12-13-25)20(27)17-6-3-2-4-7-17/h2-4,6-8,11,14-15H,5,9-10,12-13H2,1H3. The van der Waals surface area contributed by atoms with Crippen molar-refractivity contribution in [1.29, 1.82) is 0 Å². The average molecular weight is 390 g/mol. The molecule has 2 amide bonds. The number of fused-ring (bicyclic) bond motifs is 1. The van der Waals surface area contributed by atoms with E-state index in [0.29, 0.717) is 43.8 Å². The van der Waals surface area contributed by atoms with Crippen LogP contribution in [0.15, 0.2) is 59.7 Å². The molecule has 29 heavy (non-hydrogen) atoms. The molecule has 1 aromatic carbocycles. The molecular formula is C22H22N4O3. The Morgan fingerprint density at radius 1 is 0.931 bits per heavy atom. The normalized spacial score (nSPS) is 14.7. The quantitative estimate of drug-likeness (QED) is 0.671. The van der Waals surface area contributed by atoms with Crippen LogP contribution in [0.5, 0.6) is 0 Å². The zero-order valence-electron chi connectivity index (χ0n) is 16.2. The Bertz CT molecular complexity index is 1120. The second-order valence-corrected chi connectivity index (χ2v) is 7.21. The number of aryl methyl sites for hydroxylation is 1. The number of hydrogen-bond donors (Lipinski definition) is 0. The fraction of sp³-hybridized carbons (Fsp3) is 0.273. The molecule has 0 unspecified atom stereocenters. The lowest BCUT2D eigenvalue weighted by Crippen LogP contribution is -2.39. The van der Waals surface area contributed by atoms with Crippen LogP contribution < -0.4 is 5.56 Å². The van der Waals surface area contributed by atoms with Gasteiger partial charge < -0.3 is 9.80 Å². The fourth-order valence-electron chi connectivity index (χ4n) is 3.58. The summed E-state index contributed by atoms with van der Waals surface area (Å²) in [6.07, 6.45) is 3.66. The Morgan fingerprint density at radius 3 is 2.34 bits per heavy atom. The third-order valence-electron chi connectivity index (χ3n) is 5.19. The van der Waals surface area contributed by atoms with Gasteiger partial charge in [-0.3, -0.25) is 18.8 Å². The van der Waals surface area contributed by atoms with Crippen LogP contribution in [0, 0.1) is 6.92 Å². The van der Waals surface area contributed by atoms with Crippen molar-refractivity contribution >= 4 is 17.5 Å². The van der Waals surface area contributed by atoms with Crippen LogP contribution in [0.2, 0.25) is 0 Å². The van der Waals surface area contributed by atoms with E-state index in [4.69, 9.17) is 0 Å². The summed E-state index contributed by atoms with van der Waals surface area (Å²) in [5, 5.41) is 0. The number of hydrogen-bond acceptors (Lipinski definition) is 4. The van der Waals surface area contributed by atoms with Gasteiger partial charge >= 0.3 is 0 Å². The van der Waals surface area contributed by atoms with E-state index in [1.165, 1.54) is 10.6 Å². The molecule has 0 saturated carbocycles. The minimum absolute atomic E-state index is 0.0392. The van der Waals surface area contributed by atoms with Gasteiger partial charge in [-0.2, -0.15) is 0 Å². The number of nitrogens with zero attached hydrogens (tertiary/aromatic N) is 4. The van der Waals surface area contributed by atoms with Gasteiger partial charge in [0.05, 0.1) is 0 Å². The monoisotopic (exact) mass is 390 g/mol. The van der Waals surface area contributed by atoms with Gasteiger partial charge in [-0.25, -0.2) is 4.98 Å². The molecule has 0 aliphatic carbocycles. The molecule has 7 nitrogen and oxygen atoms in total. The van der Waals surface area contributed by atoms with Gasteiger partial charge in [-0.15, -0.1) is 0 Å². The summed E-state index contributed by atoms with van der Waals surface area (Å²) in [6, 6.07) is 12.7. The summed E-state index contributed by atoms with van der Waals surface area (Å²) in [5.74, 6) is -0.380. The average Bonchev–Trinajstić information content (AvgIpc) is 3.00. The fourth-order valence-corrected chi connectivity index (χ4v) is 3.58. The molecule has 0 atom stereocenters. The smallest absolute Gasteiger partial charge is 0.270 e. The second kappa shape index (κ2) is 7.87. The summed E-state index contributed by atoms with van der Waals surface area (Å²) in [5.41, 5.74) is 1.82. The van der Waals surface area contributed by atoms with Crippen LogP contribution >= 0.6 is 0 Å². The molecule has 0 spiro atoms. The first-order chi connectivity index (χ1) is 14.0. The summed E-state index contributed by atoms with van der Waals surface area (Å²) < 4.78 is 1.39. The maximum Gasteiger partial charge on any atom is 0.270 e. The van der Waals surface area contributed by atoms with Gasteiger partial charge in [-0.05, 0) is 43.2 Å². The third-order valence-corrected chi connectivity index (χ3v) is 5.19. The molecule has 3 aromatic rings. The Balaban J connectivity index is 1.52.